The molecule has 0 aliphatic rings. The highest BCUT2D eigenvalue weighted by Crippen LogP contribution is 2.34. The summed E-state index contributed by atoms with van der Waals surface area (Å²) in [7, 11) is 0. The molecule has 14 heavy (non-hydrogen) atoms. The molecule has 1 aromatic rings. The van der Waals surface area contributed by atoms with E-state index in [1.165, 1.54) is 11.3 Å². The van der Waals surface area contributed by atoms with Crippen LogP contribution in [0.1, 0.15) is 28.0 Å². The Labute approximate surface area is 89.7 Å². The predicted molar refractivity (Wildman–Crippen MR) is 52.9 cm³/mol. The van der Waals surface area contributed by atoms with E-state index in [0.29, 0.717) is 0 Å². The summed E-state index contributed by atoms with van der Waals surface area (Å²) in [6.45, 7) is 1.90. The fourth-order valence-electron chi connectivity index (χ4n) is 1.05. The minimum Gasteiger partial charge on any atom is -0.171 e. The average Bonchev–Trinajstić information content (AvgIpc) is 2.46. The number of rotatable bonds is 3. The Bertz CT molecular complexity index is 292. The number of hydrogen-bond acceptors (Lipinski definition) is 1. The molecule has 0 amide bonds. The lowest BCUT2D eigenvalue weighted by atomic mass is 10.2. The Balaban J connectivity index is 2.47. The van der Waals surface area contributed by atoms with Crippen molar-refractivity contribution in [2.24, 2.45) is 0 Å². The van der Waals surface area contributed by atoms with Crippen molar-refractivity contribution in [3.05, 3.63) is 21.9 Å². The van der Waals surface area contributed by atoms with Crippen LogP contribution in [0.15, 0.2) is 12.1 Å². The number of alkyl halides is 4. The predicted octanol–water partition coefficient (Wildman–Crippen LogP) is 4.68. The molecule has 0 radical (unpaired) electrons. The highest BCUT2D eigenvalue weighted by molar-refractivity contribution is 7.12. The van der Waals surface area contributed by atoms with E-state index in [9.17, 15) is 13.2 Å². The fraction of sp³-hybridized carbons (Fsp3) is 0.556. The molecule has 0 spiro atoms. The third-order valence-corrected chi connectivity index (χ3v) is 3.45. The summed E-state index contributed by atoms with van der Waals surface area (Å²) in [5.41, 5.74) is 0. The van der Waals surface area contributed by atoms with Crippen LogP contribution in [0.4, 0.5) is 13.2 Å². The molecule has 80 valence electrons. The maximum absolute atomic E-state index is 11.9. The van der Waals surface area contributed by atoms with Crippen LogP contribution in [0.5, 0.6) is 0 Å². The molecule has 1 unspecified atom stereocenters. The van der Waals surface area contributed by atoms with Crippen LogP contribution in [0, 0.1) is 6.92 Å². The van der Waals surface area contributed by atoms with E-state index < -0.39 is 18.0 Å². The minimum absolute atomic E-state index is 0.0506. The van der Waals surface area contributed by atoms with Gasteiger partial charge in [0, 0.05) is 16.2 Å². The third-order valence-electron chi connectivity index (χ3n) is 1.75. The van der Waals surface area contributed by atoms with Crippen LogP contribution in [-0.4, -0.2) is 6.18 Å². The van der Waals surface area contributed by atoms with Crippen LogP contribution in [-0.2, 0) is 0 Å². The lowest BCUT2D eigenvalue weighted by Crippen LogP contribution is -2.07. The molecule has 0 aromatic carbocycles. The second kappa shape index (κ2) is 4.53. The van der Waals surface area contributed by atoms with Gasteiger partial charge in [-0.05, 0) is 25.5 Å². The standard InChI is InChI=1S/C9H10ClF3S/c1-6-2-3-8(14-6)7(10)4-5-9(11,12)13/h2-3,7H,4-5H2,1H3. The van der Waals surface area contributed by atoms with E-state index in [-0.39, 0.29) is 6.42 Å². The molecule has 0 aliphatic carbocycles. The van der Waals surface area contributed by atoms with Crippen molar-refractivity contribution in [3.8, 4) is 0 Å². The van der Waals surface area contributed by atoms with Crippen LogP contribution in [0.3, 0.4) is 0 Å². The monoisotopic (exact) mass is 242 g/mol. The van der Waals surface area contributed by atoms with Gasteiger partial charge in [-0.1, -0.05) is 0 Å². The Morgan fingerprint density at radius 2 is 2.07 bits per heavy atom. The van der Waals surface area contributed by atoms with Crippen molar-refractivity contribution >= 4 is 22.9 Å². The summed E-state index contributed by atoms with van der Waals surface area (Å²) >= 11 is 7.28. The molecule has 5 heteroatoms. The second-order valence-electron chi connectivity index (χ2n) is 3.07. The molecule has 0 saturated carbocycles. The molecule has 1 heterocycles. The quantitative estimate of drug-likeness (QED) is 0.675. The molecular formula is C9H10ClF3S. The average molecular weight is 243 g/mol. The molecule has 0 nitrogen and oxygen atoms in total. The van der Waals surface area contributed by atoms with Crippen molar-refractivity contribution in [2.45, 2.75) is 31.3 Å². The first-order chi connectivity index (χ1) is 6.38. The summed E-state index contributed by atoms with van der Waals surface area (Å²) in [6, 6.07) is 3.65. The summed E-state index contributed by atoms with van der Waals surface area (Å²) < 4.78 is 35.6. The Morgan fingerprint density at radius 3 is 2.50 bits per heavy atom. The summed E-state index contributed by atoms with van der Waals surface area (Å²) in [5, 5.41) is -0.518. The lowest BCUT2D eigenvalue weighted by molar-refractivity contribution is -0.135. The fourth-order valence-corrected chi connectivity index (χ4v) is 2.26. The molecule has 1 aromatic heterocycles. The normalized spacial score (nSPS) is 14.4. The van der Waals surface area contributed by atoms with Gasteiger partial charge >= 0.3 is 6.18 Å². The van der Waals surface area contributed by atoms with E-state index in [1.807, 2.05) is 13.0 Å². The Kier molecular flexibility index (Phi) is 3.84. The summed E-state index contributed by atoms with van der Waals surface area (Å²) in [6.07, 6.45) is -4.98. The van der Waals surface area contributed by atoms with Gasteiger partial charge in [-0.3, -0.25) is 0 Å². The van der Waals surface area contributed by atoms with Gasteiger partial charge < -0.3 is 0 Å². The zero-order valence-electron chi connectivity index (χ0n) is 7.57. The smallest absolute Gasteiger partial charge is 0.171 e. The topological polar surface area (TPSA) is 0 Å². The first kappa shape index (κ1) is 11.9. The number of aryl methyl sites for hydroxylation is 1. The van der Waals surface area contributed by atoms with E-state index in [4.69, 9.17) is 11.6 Å². The second-order valence-corrected chi connectivity index (χ2v) is 4.92. The van der Waals surface area contributed by atoms with Gasteiger partial charge in [0.2, 0.25) is 0 Å². The minimum atomic E-state index is -4.11. The van der Waals surface area contributed by atoms with Crippen LogP contribution in [0.2, 0.25) is 0 Å². The molecular weight excluding hydrogens is 233 g/mol. The molecule has 1 rings (SSSR count). The van der Waals surface area contributed by atoms with E-state index in [0.717, 1.165) is 9.75 Å². The highest BCUT2D eigenvalue weighted by Gasteiger charge is 2.28. The van der Waals surface area contributed by atoms with Gasteiger partial charge in [-0.2, -0.15) is 13.2 Å². The number of hydrogen-bond donors (Lipinski definition) is 0. The van der Waals surface area contributed by atoms with E-state index in [2.05, 4.69) is 0 Å². The summed E-state index contributed by atoms with van der Waals surface area (Å²) in [5.74, 6) is 0. The molecule has 0 fully saturated rings. The van der Waals surface area contributed by atoms with E-state index in [1.54, 1.807) is 6.07 Å². The van der Waals surface area contributed by atoms with Crippen LogP contribution in [0.25, 0.3) is 0 Å². The maximum atomic E-state index is 11.9. The first-order valence-electron chi connectivity index (χ1n) is 4.15. The number of halogens is 4. The van der Waals surface area contributed by atoms with Crippen molar-refractivity contribution in [3.63, 3.8) is 0 Å². The van der Waals surface area contributed by atoms with Crippen molar-refractivity contribution < 1.29 is 13.2 Å². The molecule has 0 bridgehead atoms. The largest absolute Gasteiger partial charge is 0.389 e. The van der Waals surface area contributed by atoms with Crippen LogP contribution < -0.4 is 0 Å². The Morgan fingerprint density at radius 1 is 1.43 bits per heavy atom. The SMILES string of the molecule is Cc1ccc(C(Cl)CCC(F)(F)F)s1. The highest BCUT2D eigenvalue weighted by atomic mass is 35.5. The molecule has 0 N–H and O–H groups in total. The zero-order chi connectivity index (χ0) is 10.8. The van der Waals surface area contributed by atoms with Crippen molar-refractivity contribution in [1.29, 1.82) is 0 Å². The molecule has 0 aliphatic heterocycles. The number of thiophene rings is 1. The van der Waals surface area contributed by atoms with Gasteiger partial charge in [0.25, 0.3) is 0 Å². The van der Waals surface area contributed by atoms with Crippen molar-refractivity contribution in [1.82, 2.24) is 0 Å². The van der Waals surface area contributed by atoms with Gasteiger partial charge in [0.15, 0.2) is 0 Å². The summed E-state index contributed by atoms with van der Waals surface area (Å²) in [4.78, 5) is 1.88. The van der Waals surface area contributed by atoms with Gasteiger partial charge in [0.05, 0.1) is 5.38 Å². The van der Waals surface area contributed by atoms with Gasteiger partial charge in [-0.25, -0.2) is 0 Å². The third kappa shape index (κ3) is 3.88. The molecule has 0 saturated heterocycles. The first-order valence-corrected chi connectivity index (χ1v) is 5.41. The zero-order valence-corrected chi connectivity index (χ0v) is 9.14. The maximum Gasteiger partial charge on any atom is 0.389 e. The van der Waals surface area contributed by atoms with Gasteiger partial charge in [-0.15, -0.1) is 22.9 Å². The van der Waals surface area contributed by atoms with Gasteiger partial charge in [0.1, 0.15) is 0 Å². The van der Waals surface area contributed by atoms with E-state index >= 15 is 0 Å². The van der Waals surface area contributed by atoms with Crippen molar-refractivity contribution in [2.75, 3.05) is 0 Å². The lowest BCUT2D eigenvalue weighted by Gasteiger charge is -2.09. The Hall–Kier alpha value is -0.220. The van der Waals surface area contributed by atoms with Crippen LogP contribution >= 0.6 is 22.9 Å². The molecule has 1 atom stereocenters.